The van der Waals surface area contributed by atoms with E-state index >= 15 is 0 Å². The van der Waals surface area contributed by atoms with Gasteiger partial charge in [-0.1, -0.05) is 48.5 Å². The van der Waals surface area contributed by atoms with Crippen molar-refractivity contribution in [3.8, 4) is 5.75 Å². The molecule has 136 valence electrons. The molecule has 27 heavy (non-hydrogen) atoms. The Bertz CT molecular complexity index is 969. The lowest BCUT2D eigenvalue weighted by Gasteiger charge is -2.27. The number of esters is 1. The number of rotatable bonds is 5. The Morgan fingerprint density at radius 2 is 1.44 bits per heavy atom. The van der Waals surface area contributed by atoms with E-state index in [0.717, 1.165) is 6.07 Å². The van der Waals surface area contributed by atoms with Gasteiger partial charge in [0.1, 0.15) is 11.6 Å². The Morgan fingerprint density at radius 3 is 2.04 bits per heavy atom. The fourth-order valence-electron chi connectivity index (χ4n) is 2.66. The summed E-state index contributed by atoms with van der Waals surface area (Å²) in [6.45, 7) is 0. The highest BCUT2D eigenvalue weighted by Crippen LogP contribution is 2.33. The summed E-state index contributed by atoms with van der Waals surface area (Å²) >= 11 is 0. The van der Waals surface area contributed by atoms with Crippen molar-refractivity contribution in [2.24, 2.45) is 0 Å². The third-order valence-electron chi connectivity index (χ3n) is 4.06. The normalized spacial score (nSPS) is 12.8. The Balaban J connectivity index is 2.02. The molecule has 0 aromatic heterocycles. The monoisotopic (exact) mass is 366 g/mol. The van der Waals surface area contributed by atoms with Gasteiger partial charge in [-0.25, -0.2) is 14.0 Å². The fourth-order valence-corrected chi connectivity index (χ4v) is 2.66. The van der Waals surface area contributed by atoms with Crippen molar-refractivity contribution in [2.75, 3.05) is 0 Å². The summed E-state index contributed by atoms with van der Waals surface area (Å²) in [6, 6.07) is 18.4. The van der Waals surface area contributed by atoms with Crippen molar-refractivity contribution in [1.82, 2.24) is 0 Å². The van der Waals surface area contributed by atoms with Gasteiger partial charge in [0.2, 0.25) is 5.60 Å². The van der Waals surface area contributed by atoms with Gasteiger partial charge in [0.05, 0.1) is 5.56 Å². The zero-order chi connectivity index (χ0) is 19.4. The molecule has 0 radical (unpaired) electrons. The number of hydrogen-bond donors (Lipinski definition) is 2. The first-order valence-corrected chi connectivity index (χ1v) is 8.01. The second kappa shape index (κ2) is 7.39. The van der Waals surface area contributed by atoms with Gasteiger partial charge in [0.25, 0.3) is 0 Å². The maximum absolute atomic E-state index is 14.4. The van der Waals surface area contributed by atoms with E-state index in [1.54, 1.807) is 18.2 Å². The van der Waals surface area contributed by atoms with Crippen LogP contribution in [-0.4, -0.2) is 22.2 Å². The number of ether oxygens (including phenoxy) is 1. The van der Waals surface area contributed by atoms with Crippen molar-refractivity contribution in [3.63, 3.8) is 0 Å². The first kappa shape index (κ1) is 18.3. The highest BCUT2D eigenvalue weighted by Gasteiger charge is 2.44. The number of carbonyl (C=O) groups is 2. The molecule has 3 aromatic rings. The van der Waals surface area contributed by atoms with Crippen LogP contribution in [0.25, 0.3) is 0 Å². The minimum Gasteiger partial charge on any atom is -0.478 e. The van der Waals surface area contributed by atoms with Gasteiger partial charge in [-0.3, -0.25) is 0 Å². The zero-order valence-corrected chi connectivity index (χ0v) is 14.0. The van der Waals surface area contributed by atoms with Crippen LogP contribution in [0.3, 0.4) is 0 Å². The molecule has 2 N–H and O–H groups in total. The first-order valence-electron chi connectivity index (χ1n) is 8.01. The lowest BCUT2D eigenvalue weighted by molar-refractivity contribution is -0.152. The first-order chi connectivity index (χ1) is 12.9. The number of aromatic carboxylic acids is 1. The SMILES string of the molecule is O=C(O)c1ccc(OC(=O)C(O)(c2ccccc2)c2ccccc2F)cc1. The molecule has 0 saturated heterocycles. The molecule has 3 aromatic carbocycles. The van der Waals surface area contributed by atoms with Gasteiger partial charge in [-0.2, -0.15) is 0 Å². The molecule has 0 aliphatic heterocycles. The van der Waals surface area contributed by atoms with Gasteiger partial charge < -0.3 is 14.9 Å². The van der Waals surface area contributed by atoms with Crippen LogP contribution in [0.1, 0.15) is 21.5 Å². The van der Waals surface area contributed by atoms with E-state index in [9.17, 15) is 19.1 Å². The maximum atomic E-state index is 14.4. The molecule has 5 nitrogen and oxygen atoms in total. The van der Waals surface area contributed by atoms with Crippen LogP contribution in [0.4, 0.5) is 4.39 Å². The fraction of sp³-hybridized carbons (Fsp3) is 0.0476. The average Bonchev–Trinajstić information content (AvgIpc) is 2.69. The van der Waals surface area contributed by atoms with Gasteiger partial charge >= 0.3 is 11.9 Å². The van der Waals surface area contributed by atoms with Crippen LogP contribution in [0.15, 0.2) is 78.9 Å². The molecule has 0 fully saturated rings. The van der Waals surface area contributed by atoms with Crippen molar-refractivity contribution in [3.05, 3.63) is 101 Å². The molecule has 0 aliphatic carbocycles. The highest BCUT2D eigenvalue weighted by atomic mass is 19.1. The average molecular weight is 366 g/mol. The molecule has 0 bridgehead atoms. The zero-order valence-electron chi connectivity index (χ0n) is 14.0. The summed E-state index contributed by atoms with van der Waals surface area (Å²) in [7, 11) is 0. The number of carbonyl (C=O) groups excluding carboxylic acids is 1. The second-order valence-corrected chi connectivity index (χ2v) is 5.78. The van der Waals surface area contributed by atoms with E-state index in [-0.39, 0.29) is 22.4 Å². The van der Waals surface area contributed by atoms with Crippen LogP contribution < -0.4 is 4.74 Å². The van der Waals surface area contributed by atoms with Crippen LogP contribution in [0.2, 0.25) is 0 Å². The van der Waals surface area contributed by atoms with E-state index in [0.29, 0.717) is 0 Å². The lowest BCUT2D eigenvalue weighted by atomic mass is 9.86. The summed E-state index contributed by atoms with van der Waals surface area (Å²) < 4.78 is 19.6. The predicted molar refractivity (Wildman–Crippen MR) is 94.9 cm³/mol. The summed E-state index contributed by atoms with van der Waals surface area (Å²) in [5.74, 6) is -2.97. The summed E-state index contributed by atoms with van der Waals surface area (Å²) in [4.78, 5) is 23.8. The van der Waals surface area contributed by atoms with E-state index in [2.05, 4.69) is 0 Å². The minimum atomic E-state index is -2.38. The molecule has 0 amide bonds. The van der Waals surface area contributed by atoms with Crippen LogP contribution in [0, 0.1) is 5.82 Å². The van der Waals surface area contributed by atoms with E-state index in [4.69, 9.17) is 9.84 Å². The van der Waals surface area contributed by atoms with Crippen molar-refractivity contribution < 1.29 is 28.9 Å². The molecule has 0 aliphatic rings. The number of aliphatic hydroxyl groups is 1. The molecule has 6 heteroatoms. The van der Waals surface area contributed by atoms with Crippen LogP contribution >= 0.6 is 0 Å². The summed E-state index contributed by atoms with van der Waals surface area (Å²) in [6.07, 6.45) is 0. The summed E-state index contributed by atoms with van der Waals surface area (Å²) in [5, 5.41) is 20.1. The third-order valence-corrected chi connectivity index (χ3v) is 4.06. The number of halogens is 1. The van der Waals surface area contributed by atoms with E-state index in [1.807, 2.05) is 0 Å². The molecule has 0 saturated carbocycles. The molecule has 0 heterocycles. The molecule has 1 unspecified atom stereocenters. The molecule has 3 rings (SSSR count). The van der Waals surface area contributed by atoms with Gasteiger partial charge in [-0.15, -0.1) is 0 Å². The molecular formula is C21H15FO5. The number of carboxylic acid groups (broad SMARTS) is 1. The van der Waals surface area contributed by atoms with Crippen LogP contribution in [-0.2, 0) is 10.4 Å². The highest BCUT2D eigenvalue weighted by molar-refractivity contribution is 5.89. The van der Waals surface area contributed by atoms with Crippen molar-refractivity contribution in [2.45, 2.75) is 5.60 Å². The largest absolute Gasteiger partial charge is 0.478 e. The van der Waals surface area contributed by atoms with E-state index < -0.39 is 23.4 Å². The number of benzene rings is 3. The maximum Gasteiger partial charge on any atom is 0.353 e. The molecular weight excluding hydrogens is 351 g/mol. The molecule has 0 spiro atoms. The second-order valence-electron chi connectivity index (χ2n) is 5.78. The van der Waals surface area contributed by atoms with Crippen molar-refractivity contribution >= 4 is 11.9 Å². The molecule has 1 atom stereocenters. The minimum absolute atomic E-state index is 0.0159. The van der Waals surface area contributed by atoms with Gasteiger partial charge in [0, 0.05) is 5.56 Å². The Kier molecular flexibility index (Phi) is 5.00. The predicted octanol–water partition coefficient (Wildman–Crippen LogP) is 3.37. The Morgan fingerprint density at radius 1 is 0.852 bits per heavy atom. The number of hydrogen-bond acceptors (Lipinski definition) is 4. The summed E-state index contributed by atoms with van der Waals surface area (Å²) in [5.41, 5.74) is -2.47. The number of carboxylic acids is 1. The Hall–Kier alpha value is -3.51. The quantitative estimate of drug-likeness (QED) is 0.534. The van der Waals surface area contributed by atoms with Crippen molar-refractivity contribution in [1.29, 1.82) is 0 Å². The smallest absolute Gasteiger partial charge is 0.353 e. The standard InChI is InChI=1S/C21H15FO5/c22-18-9-5-4-8-17(18)21(26,15-6-2-1-3-7-15)20(25)27-16-12-10-14(11-13-16)19(23)24/h1-13,26H,(H,23,24). The van der Waals surface area contributed by atoms with Gasteiger partial charge in [-0.05, 0) is 35.9 Å². The third kappa shape index (κ3) is 3.56. The van der Waals surface area contributed by atoms with Gasteiger partial charge in [0.15, 0.2) is 0 Å². The van der Waals surface area contributed by atoms with Crippen LogP contribution in [0.5, 0.6) is 5.75 Å². The topological polar surface area (TPSA) is 83.8 Å². The van der Waals surface area contributed by atoms with E-state index in [1.165, 1.54) is 54.6 Å². The Labute approximate surface area is 154 Å². The lowest BCUT2D eigenvalue weighted by Crippen LogP contribution is -2.41.